The molecule has 1 unspecified atom stereocenters. The van der Waals surface area contributed by atoms with Crippen LogP contribution in [0, 0.1) is 0 Å². The summed E-state index contributed by atoms with van der Waals surface area (Å²) in [6.45, 7) is 6.31. The zero-order valence-corrected chi connectivity index (χ0v) is 12.1. The highest BCUT2D eigenvalue weighted by molar-refractivity contribution is 5.75. The van der Waals surface area contributed by atoms with E-state index in [1.54, 1.807) is 0 Å². The van der Waals surface area contributed by atoms with Gasteiger partial charge >= 0.3 is 5.97 Å². The van der Waals surface area contributed by atoms with E-state index in [0.29, 0.717) is 0 Å². The number of rotatable bonds is 7. The molecule has 4 nitrogen and oxygen atoms in total. The summed E-state index contributed by atoms with van der Waals surface area (Å²) in [6, 6.07) is 7.60. The Bertz CT molecular complexity index is 404. The van der Waals surface area contributed by atoms with Crippen LogP contribution in [0.2, 0.25) is 0 Å². The topological polar surface area (TPSA) is 47.6 Å². The molecule has 106 valence electrons. The highest BCUT2D eigenvalue weighted by Gasteiger charge is 2.20. The highest BCUT2D eigenvalue weighted by atomic mass is 16.5. The minimum absolute atomic E-state index is 0.189. The molecule has 19 heavy (non-hydrogen) atoms. The minimum atomic E-state index is -0.449. The van der Waals surface area contributed by atoms with Gasteiger partial charge in [-0.3, -0.25) is 10.1 Å². The van der Waals surface area contributed by atoms with E-state index in [1.165, 1.54) is 7.11 Å². The summed E-state index contributed by atoms with van der Waals surface area (Å²) in [5.41, 5.74) is 1.13. The van der Waals surface area contributed by atoms with Gasteiger partial charge in [0.2, 0.25) is 0 Å². The fourth-order valence-corrected chi connectivity index (χ4v) is 1.84. The quantitative estimate of drug-likeness (QED) is 0.768. The first-order valence-corrected chi connectivity index (χ1v) is 6.63. The molecule has 0 heterocycles. The molecular weight excluding hydrogens is 242 g/mol. The molecule has 1 atom stereocenters. The summed E-state index contributed by atoms with van der Waals surface area (Å²) in [5.74, 6) is 0.520. The monoisotopic (exact) mass is 265 g/mol. The van der Waals surface area contributed by atoms with Crippen molar-refractivity contribution in [2.75, 3.05) is 13.7 Å². The fraction of sp³-hybridized carbons (Fsp3) is 0.533. The molecule has 0 aromatic heterocycles. The highest BCUT2D eigenvalue weighted by Crippen LogP contribution is 2.18. The second-order valence-electron chi connectivity index (χ2n) is 4.67. The molecule has 0 radical (unpaired) electrons. The molecule has 0 aliphatic carbocycles. The Morgan fingerprint density at radius 2 is 2.00 bits per heavy atom. The number of carbonyl (C=O) groups is 1. The van der Waals surface area contributed by atoms with Gasteiger partial charge in [0, 0.05) is 6.04 Å². The van der Waals surface area contributed by atoms with E-state index in [2.05, 4.69) is 12.2 Å². The van der Waals surface area contributed by atoms with Gasteiger partial charge in [-0.25, -0.2) is 0 Å². The third kappa shape index (κ3) is 4.91. The first-order chi connectivity index (χ1) is 9.08. The van der Waals surface area contributed by atoms with Crippen LogP contribution >= 0.6 is 0 Å². The molecule has 0 aliphatic heterocycles. The molecule has 1 rings (SSSR count). The predicted molar refractivity (Wildman–Crippen MR) is 75.4 cm³/mol. The number of aryl methyl sites for hydroxylation is 1. The van der Waals surface area contributed by atoms with Gasteiger partial charge in [0.25, 0.3) is 0 Å². The van der Waals surface area contributed by atoms with Gasteiger partial charge in [-0.05, 0) is 18.1 Å². The number of benzene rings is 1. The van der Waals surface area contributed by atoms with Crippen LogP contribution in [0.25, 0.3) is 0 Å². The molecule has 0 amide bonds. The second kappa shape index (κ2) is 7.79. The molecule has 1 aromatic rings. The standard InChI is InChI=1S/C15H23NO3/c1-5-12-8-6-7-9-14(12)19-10-13(15(17)18-4)16-11(2)3/h6-9,11,13,16H,5,10H2,1-4H3. The van der Waals surface area contributed by atoms with Gasteiger partial charge in [-0.1, -0.05) is 39.0 Å². The van der Waals surface area contributed by atoms with Gasteiger partial charge in [0.05, 0.1) is 7.11 Å². The molecule has 4 heteroatoms. The third-order valence-corrected chi connectivity index (χ3v) is 2.78. The maximum atomic E-state index is 11.7. The summed E-state index contributed by atoms with van der Waals surface area (Å²) >= 11 is 0. The summed E-state index contributed by atoms with van der Waals surface area (Å²) in [6.07, 6.45) is 0.899. The third-order valence-electron chi connectivity index (χ3n) is 2.78. The van der Waals surface area contributed by atoms with Crippen molar-refractivity contribution < 1.29 is 14.3 Å². The Hall–Kier alpha value is -1.55. The second-order valence-corrected chi connectivity index (χ2v) is 4.67. The summed E-state index contributed by atoms with van der Waals surface area (Å²) < 4.78 is 10.5. The van der Waals surface area contributed by atoms with Crippen molar-refractivity contribution in [3.63, 3.8) is 0 Å². The van der Waals surface area contributed by atoms with E-state index in [-0.39, 0.29) is 18.6 Å². The molecule has 0 spiro atoms. The molecule has 0 saturated heterocycles. The first kappa shape index (κ1) is 15.5. The normalized spacial score (nSPS) is 12.3. The Balaban J connectivity index is 2.67. The molecule has 1 N–H and O–H groups in total. The van der Waals surface area contributed by atoms with E-state index < -0.39 is 6.04 Å². The van der Waals surface area contributed by atoms with E-state index in [0.717, 1.165) is 17.7 Å². The molecular formula is C15H23NO3. The number of hydrogen-bond donors (Lipinski definition) is 1. The SMILES string of the molecule is CCc1ccccc1OCC(NC(C)C)C(=O)OC. The van der Waals surface area contributed by atoms with Crippen LogP contribution in [-0.4, -0.2) is 31.8 Å². The van der Waals surface area contributed by atoms with Gasteiger partial charge in [0.1, 0.15) is 18.4 Å². The zero-order valence-electron chi connectivity index (χ0n) is 12.1. The molecule has 0 bridgehead atoms. The van der Waals surface area contributed by atoms with Gasteiger partial charge in [-0.15, -0.1) is 0 Å². The number of ether oxygens (including phenoxy) is 2. The van der Waals surface area contributed by atoms with E-state index >= 15 is 0 Å². The Morgan fingerprint density at radius 3 is 2.58 bits per heavy atom. The van der Waals surface area contributed by atoms with Crippen molar-refractivity contribution >= 4 is 5.97 Å². The maximum absolute atomic E-state index is 11.7. The smallest absolute Gasteiger partial charge is 0.326 e. The number of methoxy groups -OCH3 is 1. The maximum Gasteiger partial charge on any atom is 0.326 e. The number of para-hydroxylation sites is 1. The van der Waals surface area contributed by atoms with E-state index in [1.807, 2.05) is 38.1 Å². The van der Waals surface area contributed by atoms with Crippen molar-refractivity contribution in [2.45, 2.75) is 39.3 Å². The summed E-state index contributed by atoms with van der Waals surface area (Å²) in [7, 11) is 1.39. The Labute approximate surface area is 115 Å². The van der Waals surface area contributed by atoms with Gasteiger partial charge in [-0.2, -0.15) is 0 Å². The summed E-state index contributed by atoms with van der Waals surface area (Å²) in [4.78, 5) is 11.7. The average Bonchev–Trinajstić information content (AvgIpc) is 2.42. The van der Waals surface area contributed by atoms with Crippen LogP contribution in [0.5, 0.6) is 5.75 Å². The van der Waals surface area contributed by atoms with Crippen molar-refractivity contribution in [1.82, 2.24) is 5.32 Å². The van der Waals surface area contributed by atoms with E-state index in [4.69, 9.17) is 9.47 Å². The van der Waals surface area contributed by atoms with Crippen LogP contribution in [0.4, 0.5) is 0 Å². The van der Waals surface area contributed by atoms with Crippen molar-refractivity contribution in [2.24, 2.45) is 0 Å². The first-order valence-electron chi connectivity index (χ1n) is 6.63. The van der Waals surface area contributed by atoms with Crippen LogP contribution in [0.15, 0.2) is 24.3 Å². The van der Waals surface area contributed by atoms with Gasteiger partial charge < -0.3 is 9.47 Å². The predicted octanol–water partition coefficient (Wildman–Crippen LogP) is 2.17. The lowest BCUT2D eigenvalue weighted by Crippen LogP contribution is -2.45. The summed E-state index contributed by atoms with van der Waals surface area (Å²) in [5, 5.41) is 3.14. The Morgan fingerprint density at radius 1 is 1.32 bits per heavy atom. The van der Waals surface area contributed by atoms with Crippen LogP contribution in [-0.2, 0) is 16.0 Å². The number of carbonyl (C=O) groups excluding carboxylic acids is 1. The lowest BCUT2D eigenvalue weighted by Gasteiger charge is -2.20. The molecule has 0 aliphatic rings. The zero-order chi connectivity index (χ0) is 14.3. The van der Waals surface area contributed by atoms with Crippen LogP contribution in [0.3, 0.4) is 0 Å². The fourth-order valence-electron chi connectivity index (χ4n) is 1.84. The van der Waals surface area contributed by atoms with E-state index in [9.17, 15) is 4.79 Å². The lowest BCUT2D eigenvalue weighted by molar-refractivity contribution is -0.144. The van der Waals surface area contributed by atoms with Crippen LogP contribution < -0.4 is 10.1 Å². The number of esters is 1. The van der Waals surface area contributed by atoms with Crippen molar-refractivity contribution in [3.8, 4) is 5.75 Å². The number of hydrogen-bond acceptors (Lipinski definition) is 4. The molecule has 0 fully saturated rings. The lowest BCUT2D eigenvalue weighted by atomic mass is 10.1. The minimum Gasteiger partial charge on any atom is -0.491 e. The van der Waals surface area contributed by atoms with Crippen molar-refractivity contribution in [1.29, 1.82) is 0 Å². The largest absolute Gasteiger partial charge is 0.491 e. The van der Waals surface area contributed by atoms with Crippen molar-refractivity contribution in [3.05, 3.63) is 29.8 Å². The molecule has 1 aromatic carbocycles. The number of nitrogens with one attached hydrogen (secondary N) is 1. The van der Waals surface area contributed by atoms with Crippen LogP contribution in [0.1, 0.15) is 26.3 Å². The Kier molecular flexibility index (Phi) is 6.36. The molecule has 0 saturated carbocycles. The van der Waals surface area contributed by atoms with Gasteiger partial charge in [0.15, 0.2) is 0 Å². The average molecular weight is 265 g/mol.